The topological polar surface area (TPSA) is 55.8 Å². The van der Waals surface area contributed by atoms with E-state index in [-0.39, 0.29) is 12.6 Å². The van der Waals surface area contributed by atoms with E-state index in [1.165, 1.54) is 6.26 Å². The molecule has 0 saturated heterocycles. The highest BCUT2D eigenvalue weighted by molar-refractivity contribution is 5.89. The Balaban J connectivity index is 1.65. The summed E-state index contributed by atoms with van der Waals surface area (Å²) in [5.41, 5.74) is 0.629. The minimum Gasteiger partial charge on any atom is -0.495 e. The van der Waals surface area contributed by atoms with Crippen LogP contribution in [0.15, 0.2) is 11.8 Å². The molecule has 0 aromatic carbocycles. The molecule has 0 bridgehead atoms. The Morgan fingerprint density at radius 3 is 2.50 bits per heavy atom. The van der Waals surface area contributed by atoms with Gasteiger partial charge in [-0.3, -0.25) is 0 Å². The van der Waals surface area contributed by atoms with Crippen molar-refractivity contribution in [3.05, 3.63) is 11.8 Å². The number of hydrogen-bond acceptors (Lipinski definition) is 4. The number of hydrogen-bond donors (Lipinski definition) is 1. The van der Waals surface area contributed by atoms with E-state index >= 15 is 0 Å². The maximum Gasteiger partial charge on any atom is 0.340 e. The quantitative estimate of drug-likeness (QED) is 0.733. The zero-order valence-electron chi connectivity index (χ0n) is 9.35. The van der Waals surface area contributed by atoms with Gasteiger partial charge in [-0.25, -0.2) is 4.79 Å². The minimum atomic E-state index is -0.240. The third-order valence-corrected chi connectivity index (χ3v) is 3.40. The largest absolute Gasteiger partial charge is 0.495 e. The van der Waals surface area contributed by atoms with Gasteiger partial charge in [0.1, 0.15) is 12.2 Å². The van der Waals surface area contributed by atoms with Crippen molar-refractivity contribution in [3.8, 4) is 0 Å². The average Bonchev–Trinajstić information content (AvgIpc) is 2.25. The van der Waals surface area contributed by atoms with E-state index in [1.807, 2.05) is 0 Å². The van der Waals surface area contributed by atoms with E-state index in [0.717, 1.165) is 25.7 Å². The molecule has 1 saturated carbocycles. The van der Waals surface area contributed by atoms with Crippen molar-refractivity contribution < 1.29 is 19.4 Å². The Hall–Kier alpha value is -1.03. The molecule has 0 aromatic heterocycles. The smallest absolute Gasteiger partial charge is 0.340 e. The number of esters is 1. The summed E-state index contributed by atoms with van der Waals surface area (Å²) in [5.74, 6) is 0.679. The molecule has 4 heteroatoms. The summed E-state index contributed by atoms with van der Waals surface area (Å²) in [6.45, 7) is 1.18. The van der Waals surface area contributed by atoms with E-state index in [0.29, 0.717) is 30.6 Å². The summed E-state index contributed by atoms with van der Waals surface area (Å²) < 4.78 is 9.99. The molecule has 0 atom stereocenters. The van der Waals surface area contributed by atoms with E-state index in [1.54, 1.807) is 0 Å². The lowest BCUT2D eigenvalue weighted by Crippen LogP contribution is -2.24. The van der Waals surface area contributed by atoms with Gasteiger partial charge < -0.3 is 14.6 Å². The first-order chi connectivity index (χ1) is 7.79. The van der Waals surface area contributed by atoms with Gasteiger partial charge in [0, 0.05) is 6.61 Å². The standard InChI is InChI=1S/C12H18O4/c13-5-9-1-3-10(4-2-9)6-16-12(14)11-7-15-8-11/h7,9-10,13H,1-6,8H2. The monoisotopic (exact) mass is 226 g/mol. The zero-order chi connectivity index (χ0) is 11.4. The second-order valence-electron chi connectivity index (χ2n) is 4.62. The molecule has 2 aliphatic rings. The predicted molar refractivity (Wildman–Crippen MR) is 57.5 cm³/mol. The second kappa shape index (κ2) is 5.34. The Kier molecular flexibility index (Phi) is 3.83. The Labute approximate surface area is 95.2 Å². The molecule has 1 heterocycles. The van der Waals surface area contributed by atoms with Crippen molar-refractivity contribution in [1.29, 1.82) is 0 Å². The van der Waals surface area contributed by atoms with Crippen LogP contribution in [0.5, 0.6) is 0 Å². The van der Waals surface area contributed by atoms with Crippen LogP contribution in [0.4, 0.5) is 0 Å². The van der Waals surface area contributed by atoms with Crippen molar-refractivity contribution in [2.45, 2.75) is 25.7 Å². The lowest BCUT2D eigenvalue weighted by molar-refractivity contribution is -0.142. The Morgan fingerprint density at radius 2 is 2.00 bits per heavy atom. The van der Waals surface area contributed by atoms with Crippen LogP contribution >= 0.6 is 0 Å². The summed E-state index contributed by atoms with van der Waals surface area (Å²) in [7, 11) is 0. The van der Waals surface area contributed by atoms with Crippen LogP contribution in [0.2, 0.25) is 0 Å². The Bertz CT molecular complexity index is 277. The second-order valence-corrected chi connectivity index (χ2v) is 4.62. The van der Waals surface area contributed by atoms with Gasteiger partial charge in [0.25, 0.3) is 0 Å². The molecular weight excluding hydrogens is 208 g/mol. The van der Waals surface area contributed by atoms with Crippen LogP contribution in [0.25, 0.3) is 0 Å². The van der Waals surface area contributed by atoms with Crippen LogP contribution in [0.1, 0.15) is 25.7 Å². The molecule has 0 unspecified atom stereocenters. The molecule has 1 aliphatic heterocycles. The molecule has 1 N–H and O–H groups in total. The highest BCUT2D eigenvalue weighted by atomic mass is 16.5. The molecular formula is C12H18O4. The zero-order valence-corrected chi connectivity index (χ0v) is 9.35. The van der Waals surface area contributed by atoms with Crippen molar-refractivity contribution in [2.75, 3.05) is 19.8 Å². The fourth-order valence-electron chi connectivity index (χ4n) is 2.14. The van der Waals surface area contributed by atoms with Gasteiger partial charge in [0.2, 0.25) is 0 Å². The number of aliphatic hydroxyl groups excluding tert-OH is 1. The van der Waals surface area contributed by atoms with Gasteiger partial charge in [0.05, 0.1) is 12.9 Å². The summed E-state index contributed by atoms with van der Waals surface area (Å²) in [4.78, 5) is 11.4. The molecule has 0 aromatic rings. The SMILES string of the molecule is O=C(OCC1CCC(CO)CC1)C1=COC1. The van der Waals surface area contributed by atoms with Gasteiger partial charge in [0.15, 0.2) is 0 Å². The van der Waals surface area contributed by atoms with Gasteiger partial charge in [-0.05, 0) is 37.5 Å². The fourth-order valence-corrected chi connectivity index (χ4v) is 2.14. The molecule has 4 nitrogen and oxygen atoms in total. The van der Waals surface area contributed by atoms with Gasteiger partial charge >= 0.3 is 5.97 Å². The lowest BCUT2D eigenvalue weighted by Gasteiger charge is -2.27. The van der Waals surface area contributed by atoms with Crippen molar-refractivity contribution >= 4 is 5.97 Å². The number of ether oxygens (including phenoxy) is 2. The van der Waals surface area contributed by atoms with E-state index < -0.39 is 0 Å². The highest BCUT2D eigenvalue weighted by Crippen LogP contribution is 2.28. The van der Waals surface area contributed by atoms with E-state index in [9.17, 15) is 4.79 Å². The normalized spacial score (nSPS) is 28.7. The van der Waals surface area contributed by atoms with E-state index in [4.69, 9.17) is 14.6 Å². The minimum absolute atomic E-state index is 0.240. The maximum atomic E-state index is 11.4. The van der Waals surface area contributed by atoms with Crippen LogP contribution in [-0.2, 0) is 14.3 Å². The van der Waals surface area contributed by atoms with Gasteiger partial charge in [-0.2, -0.15) is 0 Å². The Morgan fingerprint density at radius 1 is 1.38 bits per heavy atom. The van der Waals surface area contributed by atoms with Crippen molar-refractivity contribution in [2.24, 2.45) is 11.8 Å². The average molecular weight is 226 g/mol. The molecule has 0 spiro atoms. The lowest BCUT2D eigenvalue weighted by atomic mass is 9.83. The first-order valence-corrected chi connectivity index (χ1v) is 5.88. The first-order valence-electron chi connectivity index (χ1n) is 5.88. The van der Waals surface area contributed by atoms with Crippen molar-refractivity contribution in [1.82, 2.24) is 0 Å². The van der Waals surface area contributed by atoms with Crippen LogP contribution < -0.4 is 0 Å². The van der Waals surface area contributed by atoms with Crippen LogP contribution in [-0.4, -0.2) is 30.9 Å². The molecule has 1 aliphatic carbocycles. The molecule has 1 fully saturated rings. The maximum absolute atomic E-state index is 11.4. The molecule has 16 heavy (non-hydrogen) atoms. The van der Waals surface area contributed by atoms with E-state index in [2.05, 4.69) is 0 Å². The first kappa shape index (κ1) is 11.5. The van der Waals surface area contributed by atoms with Crippen LogP contribution in [0.3, 0.4) is 0 Å². The molecule has 0 radical (unpaired) electrons. The third kappa shape index (κ3) is 2.76. The van der Waals surface area contributed by atoms with Crippen molar-refractivity contribution in [3.63, 3.8) is 0 Å². The van der Waals surface area contributed by atoms with Gasteiger partial charge in [-0.1, -0.05) is 0 Å². The third-order valence-electron chi connectivity index (χ3n) is 3.40. The number of rotatable bonds is 4. The van der Waals surface area contributed by atoms with Gasteiger partial charge in [-0.15, -0.1) is 0 Å². The molecule has 2 rings (SSSR count). The van der Waals surface area contributed by atoms with Crippen LogP contribution in [0, 0.1) is 11.8 Å². The summed E-state index contributed by atoms with van der Waals surface area (Å²) in [6.07, 6.45) is 5.64. The number of carbonyl (C=O) groups is 1. The summed E-state index contributed by atoms with van der Waals surface area (Å²) in [5, 5.41) is 9.00. The number of carbonyl (C=O) groups excluding carboxylic acids is 1. The molecule has 90 valence electrons. The predicted octanol–water partition coefficient (Wildman–Crippen LogP) is 1.24. The number of aliphatic hydroxyl groups is 1. The summed E-state index contributed by atoms with van der Waals surface area (Å²) >= 11 is 0. The fraction of sp³-hybridized carbons (Fsp3) is 0.750. The summed E-state index contributed by atoms with van der Waals surface area (Å²) in [6, 6.07) is 0. The highest BCUT2D eigenvalue weighted by Gasteiger charge is 2.23. The molecule has 0 amide bonds.